The lowest BCUT2D eigenvalue weighted by atomic mass is 9.85. The van der Waals surface area contributed by atoms with E-state index in [0.29, 0.717) is 0 Å². The van der Waals surface area contributed by atoms with Crippen molar-refractivity contribution in [2.24, 2.45) is 0 Å². The number of alkyl halides is 21. The molecule has 42 heavy (non-hydrogen) atoms. The molecule has 0 heterocycles. The van der Waals surface area contributed by atoms with Crippen LogP contribution in [-0.4, -0.2) is 77.3 Å². The highest BCUT2D eigenvalue weighted by Gasteiger charge is 2.97. The number of aliphatic hydroxyl groups is 1. The zero-order valence-corrected chi connectivity index (χ0v) is 20.4. The summed E-state index contributed by atoms with van der Waals surface area (Å²) >= 11 is 0. The molecule has 0 fully saturated rings. The van der Waals surface area contributed by atoms with Gasteiger partial charge in [-0.3, -0.25) is 0 Å². The lowest BCUT2D eigenvalue weighted by Crippen LogP contribution is -2.76. The second kappa shape index (κ2) is 11.8. The van der Waals surface area contributed by atoms with Gasteiger partial charge in [-0.15, -0.1) is 0 Å². The van der Waals surface area contributed by atoms with Crippen molar-refractivity contribution in [2.75, 3.05) is 6.61 Å². The van der Waals surface area contributed by atoms with Crippen molar-refractivity contribution >= 4 is 7.82 Å². The van der Waals surface area contributed by atoms with E-state index in [9.17, 15) is 107 Å². The fraction of sp³-hybridized carbons (Fsp3) is 1.00. The minimum absolute atomic E-state index is 0. The molecular weight excluding hydrogens is 694 g/mol. The first-order chi connectivity index (χ1) is 16.9. The Labute approximate surface area is 216 Å². The smallest absolute Gasteiger partial charge is 0.460 e. The number of phosphoric acid groups is 1. The first kappa shape index (κ1) is 45.0. The van der Waals surface area contributed by atoms with E-state index in [1.54, 1.807) is 0 Å². The van der Waals surface area contributed by atoms with Crippen LogP contribution in [0.5, 0.6) is 0 Å². The van der Waals surface area contributed by atoms with Crippen molar-refractivity contribution in [3.05, 3.63) is 0 Å². The Bertz CT molecular complexity index is 965. The van der Waals surface area contributed by atoms with E-state index in [-0.39, 0.29) is 12.3 Å². The topological polar surface area (TPSA) is 166 Å². The molecule has 1 unspecified atom stereocenters. The predicted octanol–water partition coefficient (Wildman–Crippen LogP) is 5.62. The molecule has 0 spiro atoms. The van der Waals surface area contributed by atoms with E-state index in [4.69, 9.17) is 5.11 Å². The van der Waals surface area contributed by atoms with Gasteiger partial charge < -0.3 is 36.3 Å². The average molecular weight is 708 g/mol. The van der Waals surface area contributed by atoms with Crippen LogP contribution in [0.25, 0.3) is 0 Å². The van der Waals surface area contributed by atoms with Crippen LogP contribution < -0.4 is 22.1 Å². The summed E-state index contributed by atoms with van der Waals surface area (Å²) in [5.74, 6) is -78.8. The van der Waals surface area contributed by atoms with Gasteiger partial charge in [-0.1, -0.05) is 0 Å². The van der Waals surface area contributed by atoms with Crippen molar-refractivity contribution < 1.29 is 116 Å². The molecule has 0 aliphatic rings. The second-order valence-electron chi connectivity index (χ2n) is 7.40. The molecule has 0 amide bonds. The molecule has 0 saturated heterocycles. The van der Waals surface area contributed by atoms with Crippen LogP contribution in [0.1, 0.15) is 6.42 Å². The van der Waals surface area contributed by atoms with Crippen molar-refractivity contribution in [1.29, 1.82) is 0 Å². The third kappa shape index (κ3) is 6.62. The molecule has 0 saturated carbocycles. The maximum absolute atomic E-state index is 13.6. The van der Waals surface area contributed by atoms with Gasteiger partial charge in [0, 0.05) is 6.42 Å². The van der Waals surface area contributed by atoms with Crippen LogP contribution in [0, 0.1) is 0 Å². The monoisotopic (exact) mass is 708 g/mol. The van der Waals surface area contributed by atoms with Gasteiger partial charge in [-0.2, -0.15) is 92.2 Å². The molecule has 0 rings (SSSR count). The van der Waals surface area contributed by atoms with Crippen molar-refractivity contribution in [1.82, 2.24) is 12.3 Å². The Kier molecular flexibility index (Phi) is 12.6. The van der Waals surface area contributed by atoms with Crippen LogP contribution >= 0.6 is 7.82 Å². The van der Waals surface area contributed by atoms with Gasteiger partial charge in [0.2, 0.25) is 0 Å². The predicted molar refractivity (Wildman–Crippen MR) is 86.7 cm³/mol. The maximum Gasteiger partial charge on any atom is 0.460 e. The number of hydrogen-bond acceptors (Lipinski definition) is 5. The highest BCUT2D eigenvalue weighted by atomic mass is 31.2. The Balaban J connectivity index is -0.00000760. The fourth-order valence-electron chi connectivity index (χ4n) is 2.25. The molecule has 1 atom stereocenters. The van der Waals surface area contributed by atoms with E-state index in [2.05, 4.69) is 4.52 Å². The van der Waals surface area contributed by atoms with Crippen LogP contribution in [0.2, 0.25) is 0 Å². The van der Waals surface area contributed by atoms with Crippen LogP contribution in [-0.2, 0) is 9.09 Å². The normalized spacial score (nSPS) is 16.5. The largest absolute Gasteiger partial charge is 0.790 e. The zero-order chi connectivity index (χ0) is 33.2. The Morgan fingerprint density at radius 3 is 1.00 bits per heavy atom. The van der Waals surface area contributed by atoms with Gasteiger partial charge in [0.1, 0.15) is 0 Å². The molecule has 7 nitrogen and oxygen atoms in total. The minimum Gasteiger partial charge on any atom is -0.790 e. The summed E-state index contributed by atoms with van der Waals surface area (Å²) in [6.45, 7) is -2.37. The second-order valence-corrected chi connectivity index (χ2v) is 8.55. The van der Waals surface area contributed by atoms with Gasteiger partial charge >= 0.3 is 59.5 Å². The van der Waals surface area contributed by atoms with Gasteiger partial charge in [-0.25, -0.2) is 0 Å². The van der Waals surface area contributed by atoms with Crippen molar-refractivity contribution in [3.8, 4) is 0 Å². The molecule has 258 valence electrons. The third-order valence-electron chi connectivity index (χ3n) is 4.49. The Morgan fingerprint density at radius 1 is 0.524 bits per heavy atom. The molecule has 0 radical (unpaired) electrons. The van der Waals surface area contributed by atoms with Crippen LogP contribution in [0.15, 0.2) is 0 Å². The van der Waals surface area contributed by atoms with E-state index < -0.39 is 86.4 Å². The standard InChI is InChI=1S/C13H8F21O5P.2H3N/c14-4(15,1-3(35)2-39-40(36,37)38)5(16,17)6(18,19)7(20,21)8(22,23)9(24,25)10(26,27)11(28,29)12(30,31)13(32,33)34;;/h3,35H,1-2H2,(H2,36,37,38);2*1H3. The van der Waals surface area contributed by atoms with E-state index in [1.165, 1.54) is 0 Å². The number of quaternary nitrogens is 2. The van der Waals surface area contributed by atoms with Gasteiger partial charge in [0.25, 0.3) is 0 Å². The van der Waals surface area contributed by atoms with E-state index >= 15 is 0 Å². The lowest BCUT2D eigenvalue weighted by molar-refractivity contribution is -0.474. The molecule has 29 heteroatoms. The Hall–Kier alpha value is -1.48. The van der Waals surface area contributed by atoms with Gasteiger partial charge in [0.05, 0.1) is 20.5 Å². The fourth-order valence-corrected chi connectivity index (χ4v) is 2.61. The SMILES string of the molecule is O=P([O-])([O-])OCC(O)CC(F)(F)C(F)(F)C(F)(F)C(F)(F)C(F)(F)C(F)(F)C(F)(F)C(F)(F)C(F)(F)C(F)(F)F.[NH4+].[NH4+]. The average Bonchev–Trinajstić information content (AvgIpc) is 2.69. The molecular formula is C13H14F21N2O5P. The zero-order valence-electron chi connectivity index (χ0n) is 19.5. The quantitative estimate of drug-likeness (QED) is 0.167. The molecule has 0 aromatic carbocycles. The maximum atomic E-state index is 13.6. The molecule has 0 bridgehead atoms. The van der Waals surface area contributed by atoms with E-state index in [0.717, 1.165) is 0 Å². The number of rotatable bonds is 13. The van der Waals surface area contributed by atoms with Crippen molar-refractivity contribution in [2.45, 2.75) is 72.0 Å². The molecule has 0 aliphatic carbocycles. The third-order valence-corrected chi connectivity index (χ3v) is 4.96. The van der Waals surface area contributed by atoms with Gasteiger partial charge in [-0.05, 0) is 0 Å². The minimum atomic E-state index is -9.31. The summed E-state index contributed by atoms with van der Waals surface area (Å²) in [4.78, 5) is 20.1. The van der Waals surface area contributed by atoms with Crippen molar-refractivity contribution in [3.63, 3.8) is 0 Å². The summed E-state index contributed by atoms with van der Waals surface area (Å²) in [6.07, 6.45) is -15.2. The summed E-state index contributed by atoms with van der Waals surface area (Å²) in [7, 11) is -6.28. The van der Waals surface area contributed by atoms with E-state index in [1.807, 2.05) is 0 Å². The van der Waals surface area contributed by atoms with Gasteiger partial charge in [0.15, 0.2) is 0 Å². The Morgan fingerprint density at radius 2 is 0.762 bits per heavy atom. The number of aliphatic hydroxyl groups excluding tert-OH is 1. The molecule has 0 aromatic rings. The first-order valence-electron chi connectivity index (χ1n) is 8.67. The number of halogens is 21. The van der Waals surface area contributed by atoms with Crippen LogP contribution in [0.3, 0.4) is 0 Å². The first-order valence-corrected chi connectivity index (χ1v) is 10.1. The summed E-state index contributed by atoms with van der Waals surface area (Å²) in [6, 6.07) is 0. The lowest BCUT2D eigenvalue weighted by Gasteiger charge is -2.44. The summed E-state index contributed by atoms with van der Waals surface area (Å²) in [5, 5.41) is 8.82. The summed E-state index contributed by atoms with van der Waals surface area (Å²) in [5.41, 5.74) is 0. The highest BCUT2D eigenvalue weighted by molar-refractivity contribution is 7.43. The summed E-state index contributed by atoms with van der Waals surface area (Å²) < 4.78 is 290. The number of phosphoric ester groups is 1. The number of hydrogen-bond donors (Lipinski definition) is 3. The highest BCUT2D eigenvalue weighted by Crippen LogP contribution is 2.66. The molecule has 9 N–H and O–H groups in total. The molecule has 0 aromatic heterocycles. The van der Waals surface area contributed by atoms with Crippen LogP contribution in [0.4, 0.5) is 92.2 Å². The molecule has 0 aliphatic heterocycles.